The van der Waals surface area contributed by atoms with E-state index in [1.807, 2.05) is 36.4 Å². The minimum Gasteiger partial charge on any atom is -0.368 e. The Kier molecular flexibility index (Phi) is 6.78. The maximum Gasteiger partial charge on any atom is 0.248 e. The van der Waals surface area contributed by atoms with Gasteiger partial charge in [-0.2, -0.15) is 0 Å². The lowest BCUT2D eigenvalue weighted by Gasteiger charge is -2.22. The first-order valence-electron chi connectivity index (χ1n) is 10.5. The molecule has 4 rings (SSSR count). The molecule has 0 radical (unpaired) electrons. The standard InChI is InChI=1S/C25H24FN3O2S/c26-21-8-2-1-7-20(21)23-12-10-19(32-23)11-13-24(30)28-18-6-3-5-17(15-18)16-29-14-4-9-22(29)25(27)31/h1-3,5-8,10-13,15,22H,4,9,14,16H2,(H2,27,31)(H,28,30). The van der Waals surface area contributed by atoms with Crippen LogP contribution >= 0.6 is 11.3 Å². The largest absolute Gasteiger partial charge is 0.368 e. The molecule has 2 amide bonds. The number of carbonyl (C=O) groups is 2. The minimum atomic E-state index is -0.288. The number of anilines is 1. The summed E-state index contributed by atoms with van der Waals surface area (Å²) in [4.78, 5) is 27.7. The van der Waals surface area contributed by atoms with Gasteiger partial charge in [-0.15, -0.1) is 11.3 Å². The van der Waals surface area contributed by atoms with Crippen LogP contribution in [-0.2, 0) is 16.1 Å². The van der Waals surface area contributed by atoms with E-state index < -0.39 is 0 Å². The Bertz CT molecular complexity index is 1160. The number of amides is 2. The summed E-state index contributed by atoms with van der Waals surface area (Å²) in [6, 6.07) is 17.7. The van der Waals surface area contributed by atoms with Crippen LogP contribution in [0.1, 0.15) is 23.3 Å². The van der Waals surface area contributed by atoms with E-state index >= 15 is 0 Å². The highest BCUT2D eigenvalue weighted by Gasteiger charge is 2.28. The molecule has 1 atom stereocenters. The van der Waals surface area contributed by atoms with E-state index in [9.17, 15) is 14.0 Å². The maximum absolute atomic E-state index is 14.0. The Hall–Kier alpha value is -3.29. The molecule has 1 aliphatic heterocycles. The molecule has 0 spiro atoms. The fourth-order valence-corrected chi connectivity index (χ4v) is 4.85. The van der Waals surface area contributed by atoms with Crippen LogP contribution in [0.2, 0.25) is 0 Å². The summed E-state index contributed by atoms with van der Waals surface area (Å²) in [6.07, 6.45) is 4.93. The Morgan fingerprint density at radius 3 is 2.81 bits per heavy atom. The molecule has 2 heterocycles. The van der Waals surface area contributed by atoms with Crippen molar-refractivity contribution in [3.8, 4) is 10.4 Å². The zero-order valence-electron chi connectivity index (χ0n) is 17.5. The van der Waals surface area contributed by atoms with E-state index in [0.717, 1.165) is 34.7 Å². The highest BCUT2D eigenvalue weighted by atomic mass is 32.1. The first kappa shape index (κ1) is 21.9. The number of nitrogens with two attached hydrogens (primary N) is 1. The monoisotopic (exact) mass is 449 g/mol. The van der Waals surface area contributed by atoms with Crippen LogP contribution in [0.3, 0.4) is 0 Å². The molecule has 164 valence electrons. The van der Waals surface area contributed by atoms with Gasteiger partial charge in [-0.3, -0.25) is 14.5 Å². The van der Waals surface area contributed by atoms with Crippen LogP contribution in [0.15, 0.2) is 66.7 Å². The summed E-state index contributed by atoms with van der Waals surface area (Å²) in [5.41, 5.74) is 7.74. The zero-order valence-corrected chi connectivity index (χ0v) is 18.3. The minimum absolute atomic E-state index is 0.226. The third-order valence-corrected chi connectivity index (χ3v) is 6.52. The molecule has 2 aromatic carbocycles. The van der Waals surface area contributed by atoms with Crippen LogP contribution in [0.4, 0.5) is 10.1 Å². The molecule has 7 heteroatoms. The quantitative estimate of drug-likeness (QED) is 0.516. The number of primary amides is 1. The molecule has 32 heavy (non-hydrogen) atoms. The summed E-state index contributed by atoms with van der Waals surface area (Å²) in [5.74, 6) is -0.804. The summed E-state index contributed by atoms with van der Waals surface area (Å²) in [7, 11) is 0. The lowest BCUT2D eigenvalue weighted by molar-refractivity contribution is -0.122. The normalized spacial score (nSPS) is 16.5. The molecule has 3 N–H and O–H groups in total. The van der Waals surface area contributed by atoms with Gasteiger partial charge < -0.3 is 11.1 Å². The average Bonchev–Trinajstić information content (AvgIpc) is 3.43. The number of carbonyl (C=O) groups excluding carboxylic acids is 2. The molecule has 0 aliphatic carbocycles. The molecule has 1 aliphatic rings. The van der Waals surface area contributed by atoms with Gasteiger partial charge in [0.25, 0.3) is 0 Å². The van der Waals surface area contributed by atoms with Crippen molar-refractivity contribution in [1.29, 1.82) is 0 Å². The van der Waals surface area contributed by atoms with Crippen molar-refractivity contribution < 1.29 is 14.0 Å². The Morgan fingerprint density at radius 2 is 2.00 bits per heavy atom. The van der Waals surface area contributed by atoms with Crippen LogP contribution in [-0.4, -0.2) is 29.3 Å². The van der Waals surface area contributed by atoms with Gasteiger partial charge in [0, 0.05) is 33.6 Å². The second kappa shape index (κ2) is 9.89. The molecule has 1 unspecified atom stereocenters. The predicted octanol–water partition coefficient (Wildman–Crippen LogP) is 4.66. The van der Waals surface area contributed by atoms with E-state index in [0.29, 0.717) is 17.8 Å². The lowest BCUT2D eigenvalue weighted by Crippen LogP contribution is -2.39. The third kappa shape index (κ3) is 5.30. The number of benzene rings is 2. The number of nitrogens with one attached hydrogen (secondary N) is 1. The molecular weight excluding hydrogens is 425 g/mol. The van der Waals surface area contributed by atoms with Gasteiger partial charge >= 0.3 is 0 Å². The molecular formula is C25H24FN3O2S. The Labute approximate surface area is 190 Å². The average molecular weight is 450 g/mol. The van der Waals surface area contributed by atoms with E-state index in [4.69, 9.17) is 5.73 Å². The highest BCUT2D eigenvalue weighted by molar-refractivity contribution is 7.16. The van der Waals surface area contributed by atoms with Gasteiger partial charge in [0.05, 0.1) is 6.04 Å². The third-order valence-electron chi connectivity index (χ3n) is 5.44. The number of hydrogen-bond acceptors (Lipinski definition) is 4. The SMILES string of the molecule is NC(=O)C1CCCN1Cc1cccc(NC(=O)C=Cc2ccc(-c3ccccc3F)s2)c1. The topological polar surface area (TPSA) is 75.4 Å². The second-order valence-corrected chi connectivity index (χ2v) is 8.85. The highest BCUT2D eigenvalue weighted by Crippen LogP contribution is 2.30. The predicted molar refractivity (Wildman–Crippen MR) is 126 cm³/mol. The fraction of sp³-hybridized carbons (Fsp3) is 0.200. The van der Waals surface area contributed by atoms with E-state index in [1.54, 1.807) is 24.3 Å². The summed E-state index contributed by atoms with van der Waals surface area (Å²) in [6.45, 7) is 1.45. The summed E-state index contributed by atoms with van der Waals surface area (Å²) >= 11 is 1.42. The molecule has 3 aromatic rings. The molecule has 1 saturated heterocycles. The number of rotatable bonds is 7. The van der Waals surface area contributed by atoms with E-state index in [-0.39, 0.29) is 23.7 Å². The first-order chi connectivity index (χ1) is 15.5. The van der Waals surface area contributed by atoms with Crippen molar-refractivity contribution in [3.05, 3.63) is 83.0 Å². The number of nitrogens with zero attached hydrogens (tertiary/aromatic N) is 1. The van der Waals surface area contributed by atoms with Gasteiger partial charge in [-0.05, 0) is 61.4 Å². The maximum atomic E-state index is 14.0. The number of hydrogen-bond donors (Lipinski definition) is 2. The summed E-state index contributed by atoms with van der Waals surface area (Å²) < 4.78 is 14.0. The van der Waals surface area contributed by atoms with Crippen molar-refractivity contribution in [2.75, 3.05) is 11.9 Å². The Morgan fingerprint density at radius 1 is 1.16 bits per heavy atom. The van der Waals surface area contributed by atoms with Crippen LogP contribution < -0.4 is 11.1 Å². The molecule has 5 nitrogen and oxygen atoms in total. The molecule has 1 aromatic heterocycles. The number of halogens is 1. The van der Waals surface area contributed by atoms with Crippen molar-refractivity contribution in [3.63, 3.8) is 0 Å². The van der Waals surface area contributed by atoms with Crippen molar-refractivity contribution in [2.24, 2.45) is 5.73 Å². The van der Waals surface area contributed by atoms with E-state index in [2.05, 4.69) is 10.2 Å². The van der Waals surface area contributed by atoms with Crippen molar-refractivity contribution in [1.82, 2.24) is 4.90 Å². The molecule has 0 bridgehead atoms. The number of likely N-dealkylation sites (tertiary alicyclic amines) is 1. The second-order valence-electron chi connectivity index (χ2n) is 7.74. The van der Waals surface area contributed by atoms with Gasteiger partial charge in [0.1, 0.15) is 5.82 Å². The summed E-state index contributed by atoms with van der Waals surface area (Å²) in [5, 5.41) is 2.87. The van der Waals surface area contributed by atoms with Crippen molar-refractivity contribution in [2.45, 2.75) is 25.4 Å². The van der Waals surface area contributed by atoms with Crippen molar-refractivity contribution >= 4 is 34.9 Å². The van der Waals surface area contributed by atoms with Crippen LogP contribution in [0, 0.1) is 5.82 Å². The lowest BCUT2D eigenvalue weighted by atomic mass is 10.1. The first-order valence-corrected chi connectivity index (χ1v) is 11.3. The molecule has 1 fully saturated rings. The van der Waals surface area contributed by atoms with Crippen LogP contribution in [0.5, 0.6) is 0 Å². The Balaban J connectivity index is 1.37. The van der Waals surface area contributed by atoms with Gasteiger partial charge in [-0.25, -0.2) is 4.39 Å². The van der Waals surface area contributed by atoms with Gasteiger partial charge in [-0.1, -0.05) is 30.3 Å². The number of thiophene rings is 1. The zero-order chi connectivity index (χ0) is 22.5. The fourth-order valence-electron chi connectivity index (χ4n) is 3.91. The molecule has 0 saturated carbocycles. The smallest absolute Gasteiger partial charge is 0.248 e. The van der Waals surface area contributed by atoms with Crippen LogP contribution in [0.25, 0.3) is 16.5 Å². The van der Waals surface area contributed by atoms with Gasteiger partial charge in [0.15, 0.2) is 0 Å². The van der Waals surface area contributed by atoms with Gasteiger partial charge in [0.2, 0.25) is 11.8 Å². The van der Waals surface area contributed by atoms with E-state index in [1.165, 1.54) is 23.5 Å².